The summed E-state index contributed by atoms with van der Waals surface area (Å²) in [5.74, 6) is -0.541. The van der Waals surface area contributed by atoms with Crippen molar-refractivity contribution in [3.63, 3.8) is 0 Å². The summed E-state index contributed by atoms with van der Waals surface area (Å²) in [6, 6.07) is 22.5. The number of hydrogen-bond acceptors (Lipinski definition) is 4. The van der Waals surface area contributed by atoms with Crippen LogP contribution in [-0.4, -0.2) is 42.9 Å². The Bertz CT molecular complexity index is 1270. The molecule has 1 saturated heterocycles. The Morgan fingerprint density at radius 1 is 0.848 bits per heavy atom. The summed E-state index contributed by atoms with van der Waals surface area (Å²) < 4.78 is 19.1. The van der Waals surface area contributed by atoms with Crippen molar-refractivity contribution in [2.45, 2.75) is 0 Å². The third-order valence-electron chi connectivity index (χ3n) is 5.78. The molecule has 7 heteroatoms. The molecule has 0 saturated carbocycles. The van der Waals surface area contributed by atoms with Crippen LogP contribution in [0.5, 0.6) is 0 Å². The highest BCUT2D eigenvalue weighted by atomic mass is 19.1. The van der Waals surface area contributed by atoms with Crippen LogP contribution in [-0.2, 0) is 0 Å². The van der Waals surface area contributed by atoms with Crippen molar-refractivity contribution in [2.24, 2.45) is 0 Å². The molecule has 2 amide bonds. The molecular weight excluding hydrogens is 421 g/mol. The Kier molecular flexibility index (Phi) is 5.52. The lowest BCUT2D eigenvalue weighted by atomic mass is 10.2. The average Bonchev–Trinajstić information content (AvgIpc) is 3.29. The molecule has 1 aromatic heterocycles. The van der Waals surface area contributed by atoms with Gasteiger partial charge in [0.2, 0.25) is 0 Å². The topological polar surface area (TPSA) is 65.8 Å². The molecule has 33 heavy (non-hydrogen) atoms. The van der Waals surface area contributed by atoms with E-state index < -0.39 is 5.82 Å². The van der Waals surface area contributed by atoms with E-state index in [1.807, 2.05) is 53.4 Å². The molecule has 6 nitrogen and oxygen atoms in total. The molecule has 0 aliphatic carbocycles. The molecule has 1 fully saturated rings. The van der Waals surface area contributed by atoms with Crippen molar-refractivity contribution in [2.75, 3.05) is 36.4 Å². The minimum Gasteiger partial charge on any atom is -0.451 e. The van der Waals surface area contributed by atoms with Gasteiger partial charge >= 0.3 is 0 Å². The number of nitrogens with zero attached hydrogens (tertiary/aromatic N) is 2. The summed E-state index contributed by atoms with van der Waals surface area (Å²) in [6.45, 7) is 2.57. The second-order valence-electron chi connectivity index (χ2n) is 7.94. The van der Waals surface area contributed by atoms with E-state index in [1.54, 1.807) is 12.1 Å². The molecule has 1 aliphatic rings. The number of amides is 2. The van der Waals surface area contributed by atoms with Crippen LogP contribution in [0, 0.1) is 5.82 Å². The Hall–Kier alpha value is -4.13. The minimum atomic E-state index is -0.448. The smallest absolute Gasteiger partial charge is 0.289 e. The van der Waals surface area contributed by atoms with Gasteiger partial charge in [0.1, 0.15) is 11.4 Å². The van der Waals surface area contributed by atoms with E-state index in [4.69, 9.17) is 4.42 Å². The lowest BCUT2D eigenvalue weighted by Crippen LogP contribution is -2.48. The summed E-state index contributed by atoms with van der Waals surface area (Å²) >= 11 is 0. The number of halogens is 1. The van der Waals surface area contributed by atoms with Crippen molar-refractivity contribution in [1.82, 2.24) is 4.90 Å². The zero-order chi connectivity index (χ0) is 22.8. The Balaban J connectivity index is 1.18. The van der Waals surface area contributed by atoms with E-state index in [0.717, 1.165) is 11.1 Å². The number of para-hydroxylation sites is 1. The van der Waals surface area contributed by atoms with Gasteiger partial charge in [-0.05, 0) is 54.6 Å². The Labute approximate surface area is 190 Å². The third kappa shape index (κ3) is 4.43. The van der Waals surface area contributed by atoms with Crippen LogP contribution < -0.4 is 10.2 Å². The molecule has 0 unspecified atom stereocenters. The predicted molar refractivity (Wildman–Crippen MR) is 125 cm³/mol. The summed E-state index contributed by atoms with van der Waals surface area (Å²) in [5.41, 5.74) is 2.62. The lowest BCUT2D eigenvalue weighted by molar-refractivity contribution is 0.0717. The molecular formula is C26H22FN3O3. The van der Waals surface area contributed by atoms with Gasteiger partial charge in [0.15, 0.2) is 5.76 Å². The van der Waals surface area contributed by atoms with E-state index in [0.29, 0.717) is 43.2 Å². The van der Waals surface area contributed by atoms with Gasteiger partial charge in [0.25, 0.3) is 11.8 Å². The van der Waals surface area contributed by atoms with Crippen LogP contribution in [0.25, 0.3) is 11.0 Å². The molecule has 2 heterocycles. The highest BCUT2D eigenvalue weighted by Crippen LogP contribution is 2.23. The van der Waals surface area contributed by atoms with Gasteiger partial charge in [-0.25, -0.2) is 4.39 Å². The number of carbonyl (C=O) groups excluding carboxylic acids is 2. The van der Waals surface area contributed by atoms with Gasteiger partial charge in [-0.2, -0.15) is 0 Å². The number of rotatable bonds is 4. The third-order valence-corrected chi connectivity index (χ3v) is 5.78. The number of piperazine rings is 1. The summed E-state index contributed by atoms with van der Waals surface area (Å²) in [7, 11) is 0. The second kappa shape index (κ2) is 8.78. The van der Waals surface area contributed by atoms with Crippen LogP contribution in [0.3, 0.4) is 0 Å². The Morgan fingerprint density at radius 3 is 2.33 bits per heavy atom. The average molecular weight is 443 g/mol. The zero-order valence-corrected chi connectivity index (χ0v) is 17.8. The van der Waals surface area contributed by atoms with Crippen molar-refractivity contribution in [3.05, 3.63) is 96.0 Å². The van der Waals surface area contributed by atoms with Crippen molar-refractivity contribution < 1.29 is 18.4 Å². The minimum absolute atomic E-state index is 0.0961. The highest BCUT2D eigenvalue weighted by Gasteiger charge is 2.24. The Morgan fingerprint density at radius 2 is 1.61 bits per heavy atom. The first-order chi connectivity index (χ1) is 16.1. The molecule has 0 spiro atoms. The summed E-state index contributed by atoms with van der Waals surface area (Å²) in [4.78, 5) is 29.1. The van der Waals surface area contributed by atoms with E-state index in [2.05, 4.69) is 10.2 Å². The molecule has 0 radical (unpaired) electrons. The second-order valence-corrected chi connectivity index (χ2v) is 7.94. The number of fused-ring (bicyclic) bond motifs is 1. The van der Waals surface area contributed by atoms with E-state index in [1.165, 1.54) is 18.2 Å². The molecule has 4 aromatic rings. The fraction of sp³-hybridized carbons (Fsp3) is 0.154. The molecule has 3 aromatic carbocycles. The van der Waals surface area contributed by atoms with Crippen molar-refractivity contribution >= 4 is 34.2 Å². The first kappa shape index (κ1) is 20.8. The van der Waals surface area contributed by atoms with Crippen molar-refractivity contribution in [1.29, 1.82) is 0 Å². The summed E-state index contributed by atoms with van der Waals surface area (Å²) in [5, 5.41) is 3.70. The predicted octanol–water partition coefficient (Wildman–Crippen LogP) is 4.79. The number of hydrogen-bond donors (Lipinski definition) is 1. The molecule has 1 N–H and O–H groups in total. The number of furan rings is 1. The molecule has 5 rings (SSSR count). The monoisotopic (exact) mass is 443 g/mol. The molecule has 0 bridgehead atoms. The first-order valence-electron chi connectivity index (χ1n) is 10.8. The number of nitrogens with one attached hydrogen (secondary N) is 1. The largest absolute Gasteiger partial charge is 0.451 e. The van der Waals surface area contributed by atoms with Crippen LogP contribution in [0.1, 0.15) is 20.9 Å². The normalized spacial score (nSPS) is 13.8. The van der Waals surface area contributed by atoms with Crippen LogP contribution in [0.4, 0.5) is 15.8 Å². The maximum absolute atomic E-state index is 13.3. The SMILES string of the molecule is O=C(Nc1ccc(N2CCN(C(=O)c3cc4ccccc4o3)CC2)cc1)c1cccc(F)c1. The fourth-order valence-corrected chi connectivity index (χ4v) is 4.00. The molecule has 166 valence electrons. The highest BCUT2D eigenvalue weighted by molar-refractivity contribution is 6.04. The van der Waals surface area contributed by atoms with E-state index in [-0.39, 0.29) is 17.4 Å². The van der Waals surface area contributed by atoms with Crippen LogP contribution in [0.15, 0.2) is 83.3 Å². The van der Waals surface area contributed by atoms with Gasteiger partial charge in [-0.15, -0.1) is 0 Å². The quantitative estimate of drug-likeness (QED) is 0.493. The van der Waals surface area contributed by atoms with Gasteiger partial charge < -0.3 is 19.5 Å². The molecule has 1 aliphatic heterocycles. The molecule has 0 atom stereocenters. The number of carbonyl (C=O) groups is 2. The first-order valence-corrected chi connectivity index (χ1v) is 10.8. The van der Waals surface area contributed by atoms with Crippen molar-refractivity contribution in [3.8, 4) is 0 Å². The maximum Gasteiger partial charge on any atom is 0.289 e. The van der Waals surface area contributed by atoms with Gasteiger partial charge in [0, 0.05) is 48.5 Å². The summed E-state index contributed by atoms with van der Waals surface area (Å²) in [6.07, 6.45) is 0. The maximum atomic E-state index is 13.3. The number of benzene rings is 3. The van der Waals surface area contributed by atoms with Gasteiger partial charge in [-0.3, -0.25) is 9.59 Å². The number of anilines is 2. The lowest BCUT2D eigenvalue weighted by Gasteiger charge is -2.35. The zero-order valence-electron chi connectivity index (χ0n) is 17.8. The van der Waals surface area contributed by atoms with Crippen LogP contribution >= 0.6 is 0 Å². The standard InChI is InChI=1S/C26H22FN3O3/c27-20-6-3-5-19(16-20)25(31)28-21-8-10-22(11-9-21)29-12-14-30(15-13-29)26(32)24-17-18-4-1-2-7-23(18)33-24/h1-11,16-17H,12-15H2,(H,28,31). The van der Waals surface area contributed by atoms with Crippen LogP contribution in [0.2, 0.25) is 0 Å². The van der Waals surface area contributed by atoms with E-state index in [9.17, 15) is 14.0 Å². The van der Waals surface area contributed by atoms with Gasteiger partial charge in [0.05, 0.1) is 0 Å². The van der Waals surface area contributed by atoms with Gasteiger partial charge in [-0.1, -0.05) is 24.3 Å². The van der Waals surface area contributed by atoms with E-state index >= 15 is 0 Å². The fourth-order valence-electron chi connectivity index (χ4n) is 4.00.